The fraction of sp³-hybridized carbons (Fsp3) is 0.476. The van der Waals surface area contributed by atoms with E-state index in [0.29, 0.717) is 23.7 Å². The SMILES string of the molecule is C1=CC2=C(c3cccc4c3SC3CCC=CC43)C3=CCCCC3C(C3CCCCC3c3ccc4c(c3)CCCC4)=C2CC1. The Hall–Kier alpha value is -2.51. The van der Waals surface area contributed by atoms with Gasteiger partial charge in [0.2, 0.25) is 0 Å². The molecule has 1 heterocycles. The van der Waals surface area contributed by atoms with Crippen LogP contribution in [-0.4, -0.2) is 5.25 Å². The van der Waals surface area contributed by atoms with Crippen LogP contribution in [0.5, 0.6) is 0 Å². The molecular formula is C42H46S. The Morgan fingerprint density at radius 2 is 1.63 bits per heavy atom. The van der Waals surface area contributed by atoms with Crippen LogP contribution in [0.2, 0.25) is 0 Å². The fourth-order valence-corrected chi connectivity index (χ4v) is 11.8. The first-order chi connectivity index (χ1) is 21.3. The maximum absolute atomic E-state index is 2.69. The topological polar surface area (TPSA) is 0 Å². The summed E-state index contributed by atoms with van der Waals surface area (Å²) < 4.78 is 0. The van der Waals surface area contributed by atoms with Gasteiger partial charge >= 0.3 is 0 Å². The van der Waals surface area contributed by atoms with Gasteiger partial charge in [0.15, 0.2) is 0 Å². The Labute approximate surface area is 263 Å². The molecule has 0 radical (unpaired) electrons. The Morgan fingerprint density at radius 3 is 2.58 bits per heavy atom. The lowest BCUT2D eigenvalue weighted by atomic mass is 9.60. The maximum atomic E-state index is 2.69. The van der Waals surface area contributed by atoms with E-state index in [-0.39, 0.29) is 0 Å². The Balaban J connectivity index is 1.20. The van der Waals surface area contributed by atoms with Crippen LogP contribution in [0.15, 0.2) is 94.0 Å². The number of rotatable bonds is 3. The van der Waals surface area contributed by atoms with Crippen molar-refractivity contribution >= 4 is 17.3 Å². The molecule has 0 saturated heterocycles. The van der Waals surface area contributed by atoms with Crippen molar-refractivity contribution in [3.05, 3.63) is 117 Å². The van der Waals surface area contributed by atoms with E-state index in [4.69, 9.17) is 0 Å². The zero-order valence-corrected chi connectivity index (χ0v) is 26.6. The molecule has 0 aromatic heterocycles. The summed E-state index contributed by atoms with van der Waals surface area (Å²) in [4.78, 5) is 1.60. The number of fused-ring (bicyclic) bond motifs is 6. The summed E-state index contributed by atoms with van der Waals surface area (Å²) in [6.45, 7) is 0. The maximum Gasteiger partial charge on any atom is 0.0201 e. The monoisotopic (exact) mass is 582 g/mol. The summed E-state index contributed by atoms with van der Waals surface area (Å²) >= 11 is 2.20. The van der Waals surface area contributed by atoms with Crippen LogP contribution in [0.4, 0.5) is 0 Å². The third-order valence-corrected chi connectivity index (χ3v) is 13.7. The molecule has 0 bridgehead atoms. The van der Waals surface area contributed by atoms with Crippen LogP contribution in [-0.2, 0) is 12.8 Å². The second-order valence-corrected chi connectivity index (χ2v) is 15.7. The highest BCUT2D eigenvalue weighted by Gasteiger charge is 2.43. The lowest BCUT2D eigenvalue weighted by Crippen LogP contribution is -2.30. The number of aryl methyl sites for hydroxylation is 2. The summed E-state index contributed by atoms with van der Waals surface area (Å²) in [5.41, 5.74) is 16.7. The molecule has 2 aromatic rings. The molecule has 0 N–H and O–H groups in total. The van der Waals surface area contributed by atoms with Crippen molar-refractivity contribution in [3.63, 3.8) is 0 Å². The lowest BCUT2D eigenvalue weighted by Gasteiger charge is -2.44. The number of benzene rings is 2. The van der Waals surface area contributed by atoms with E-state index < -0.39 is 0 Å². The van der Waals surface area contributed by atoms with Gasteiger partial charge in [0, 0.05) is 22.0 Å². The van der Waals surface area contributed by atoms with Gasteiger partial charge in [-0.3, -0.25) is 0 Å². The minimum absolute atomic E-state index is 0.603. The molecular weight excluding hydrogens is 537 g/mol. The van der Waals surface area contributed by atoms with Crippen molar-refractivity contribution in [3.8, 4) is 0 Å². The summed E-state index contributed by atoms with van der Waals surface area (Å²) in [7, 11) is 0. The summed E-state index contributed by atoms with van der Waals surface area (Å²) in [5.74, 6) is 2.60. The van der Waals surface area contributed by atoms with Gasteiger partial charge in [0.1, 0.15) is 0 Å². The van der Waals surface area contributed by atoms with Gasteiger partial charge in [-0.1, -0.05) is 85.2 Å². The van der Waals surface area contributed by atoms with E-state index in [1.54, 1.807) is 55.0 Å². The standard InChI is InChI=1S/C42H46S/c1-2-13-28-26-29(25-24-27(28)12-1)30-14-3-4-16-32(30)40-33-17-5-7-19-35(33)41(36-20-8-6-18-34(36)40)38-22-11-21-37-31-15-9-10-23-39(31)43-42(37)38/h7,9,11,15,19-22,24-26,30-32,34,39H,1-6,8,10,12-14,16-18,23H2. The first-order valence-electron chi connectivity index (χ1n) is 17.8. The fourth-order valence-electron chi connectivity index (χ4n) is 10.2. The van der Waals surface area contributed by atoms with Gasteiger partial charge in [-0.05, 0) is 145 Å². The highest BCUT2D eigenvalue weighted by molar-refractivity contribution is 8.00. The van der Waals surface area contributed by atoms with Gasteiger partial charge in [0.25, 0.3) is 0 Å². The Bertz CT molecular complexity index is 1610. The zero-order chi connectivity index (χ0) is 28.3. The van der Waals surface area contributed by atoms with Gasteiger partial charge in [-0.2, -0.15) is 0 Å². The van der Waals surface area contributed by atoms with Gasteiger partial charge in [-0.25, -0.2) is 0 Å². The molecule has 0 nitrogen and oxygen atoms in total. The molecule has 0 spiro atoms. The van der Waals surface area contributed by atoms with Crippen molar-refractivity contribution in [1.29, 1.82) is 0 Å². The Kier molecular flexibility index (Phi) is 6.95. The summed E-state index contributed by atoms with van der Waals surface area (Å²) in [5, 5.41) is 0.721. The second kappa shape index (κ2) is 11.1. The van der Waals surface area contributed by atoms with E-state index in [1.807, 2.05) is 5.57 Å². The largest absolute Gasteiger partial charge is 0.121 e. The van der Waals surface area contributed by atoms with Crippen molar-refractivity contribution in [2.75, 3.05) is 0 Å². The third kappa shape index (κ3) is 4.47. The van der Waals surface area contributed by atoms with Crippen LogP contribution in [0.25, 0.3) is 5.57 Å². The van der Waals surface area contributed by atoms with Crippen LogP contribution >= 0.6 is 11.8 Å². The summed E-state index contributed by atoms with van der Waals surface area (Å²) in [6, 6.07) is 15.1. The van der Waals surface area contributed by atoms with E-state index in [0.717, 1.165) is 5.25 Å². The molecule has 6 aliphatic carbocycles. The number of thioether (sulfide) groups is 1. The van der Waals surface area contributed by atoms with E-state index in [2.05, 4.69) is 78.5 Å². The van der Waals surface area contributed by atoms with E-state index >= 15 is 0 Å². The average molecular weight is 583 g/mol. The zero-order valence-electron chi connectivity index (χ0n) is 25.8. The van der Waals surface area contributed by atoms with Gasteiger partial charge in [-0.15, -0.1) is 11.8 Å². The molecule has 5 unspecified atom stereocenters. The number of hydrogen-bond acceptors (Lipinski definition) is 1. The van der Waals surface area contributed by atoms with Crippen LogP contribution in [0, 0.1) is 11.8 Å². The predicted molar refractivity (Wildman–Crippen MR) is 183 cm³/mol. The predicted octanol–water partition coefficient (Wildman–Crippen LogP) is 11.6. The molecule has 1 fully saturated rings. The quantitative estimate of drug-likeness (QED) is 0.324. The minimum atomic E-state index is 0.603. The van der Waals surface area contributed by atoms with Crippen molar-refractivity contribution < 1.29 is 0 Å². The molecule has 9 rings (SSSR count). The van der Waals surface area contributed by atoms with Crippen LogP contribution in [0.1, 0.15) is 123 Å². The molecule has 5 atom stereocenters. The van der Waals surface area contributed by atoms with Gasteiger partial charge < -0.3 is 0 Å². The average Bonchev–Trinajstić information content (AvgIpc) is 3.46. The molecule has 1 saturated carbocycles. The molecule has 0 amide bonds. The Morgan fingerprint density at radius 1 is 0.721 bits per heavy atom. The minimum Gasteiger partial charge on any atom is -0.121 e. The van der Waals surface area contributed by atoms with Crippen molar-refractivity contribution in [1.82, 2.24) is 0 Å². The van der Waals surface area contributed by atoms with Crippen LogP contribution in [0.3, 0.4) is 0 Å². The first-order valence-corrected chi connectivity index (χ1v) is 18.7. The molecule has 1 heteroatoms. The number of hydrogen-bond donors (Lipinski definition) is 0. The smallest absolute Gasteiger partial charge is 0.0201 e. The van der Waals surface area contributed by atoms with E-state index in [1.165, 1.54) is 96.3 Å². The normalized spacial score (nSPS) is 31.2. The van der Waals surface area contributed by atoms with Gasteiger partial charge in [0.05, 0.1) is 0 Å². The highest BCUT2D eigenvalue weighted by atomic mass is 32.2. The third-order valence-electron chi connectivity index (χ3n) is 12.2. The highest BCUT2D eigenvalue weighted by Crippen LogP contribution is 2.59. The lowest BCUT2D eigenvalue weighted by molar-refractivity contribution is 0.321. The van der Waals surface area contributed by atoms with E-state index in [9.17, 15) is 0 Å². The molecule has 220 valence electrons. The molecule has 2 aromatic carbocycles. The molecule has 1 aliphatic heterocycles. The molecule has 43 heavy (non-hydrogen) atoms. The second-order valence-electron chi connectivity index (χ2n) is 14.5. The number of allylic oxidation sites excluding steroid dienone is 10. The molecule has 7 aliphatic rings. The van der Waals surface area contributed by atoms with Crippen LogP contribution < -0.4 is 0 Å². The van der Waals surface area contributed by atoms with Crippen molar-refractivity contribution in [2.24, 2.45) is 11.8 Å². The van der Waals surface area contributed by atoms with Crippen molar-refractivity contribution in [2.45, 2.75) is 118 Å². The summed E-state index contributed by atoms with van der Waals surface area (Å²) in [6.07, 6.45) is 32.5. The first kappa shape index (κ1) is 26.9.